The molecule has 1 fully saturated rings. The molecule has 0 radical (unpaired) electrons. The molecule has 3 rings (SSSR count). The van der Waals surface area contributed by atoms with Crippen LogP contribution in [0.4, 0.5) is 11.4 Å². The number of rotatable bonds is 6. The minimum atomic E-state index is -3.65. The van der Waals surface area contributed by atoms with Crippen LogP contribution in [-0.2, 0) is 19.6 Å². The summed E-state index contributed by atoms with van der Waals surface area (Å²) in [6.45, 7) is 5.16. The monoisotopic (exact) mass is 422 g/mol. The van der Waals surface area contributed by atoms with Crippen molar-refractivity contribution in [3.8, 4) is 0 Å². The summed E-state index contributed by atoms with van der Waals surface area (Å²) in [5, 5.41) is 2.84. The number of carbonyl (C=O) groups is 2. The Morgan fingerprint density at radius 2 is 1.97 bits per heavy atom. The number of nitrogens with zero attached hydrogens (tertiary/aromatic N) is 3. The van der Waals surface area contributed by atoms with Crippen LogP contribution in [0.2, 0.25) is 0 Å². The first-order chi connectivity index (χ1) is 13.6. The Labute approximate surface area is 172 Å². The van der Waals surface area contributed by atoms with Crippen molar-refractivity contribution in [3.63, 3.8) is 0 Å². The summed E-state index contributed by atoms with van der Waals surface area (Å²) in [4.78, 5) is 29.3. The third-order valence-corrected chi connectivity index (χ3v) is 7.20. The normalized spacial score (nSPS) is 19.4. The molecule has 160 valence electrons. The standard InChI is InChI=1S/C20H30N4O4S/c1-14(2)12-21-19(25)13-24-18-11-15(29(27,28)22(3)4)8-9-16(18)23-10-6-5-7-17(23)20(24)26/h8-9,11,14,17H,5-7,10,12-13H2,1-4H3,(H,21,25)/t17-/m1/s1. The molecule has 1 aromatic carbocycles. The molecule has 0 spiro atoms. The van der Waals surface area contributed by atoms with E-state index in [4.69, 9.17) is 0 Å². The lowest BCUT2D eigenvalue weighted by Gasteiger charge is -2.45. The van der Waals surface area contributed by atoms with E-state index in [0.717, 1.165) is 35.8 Å². The maximum absolute atomic E-state index is 13.2. The molecule has 0 saturated carbocycles. The van der Waals surface area contributed by atoms with Crippen molar-refractivity contribution >= 4 is 33.2 Å². The second-order valence-corrected chi connectivity index (χ2v) is 10.4. The molecule has 0 bridgehead atoms. The highest BCUT2D eigenvalue weighted by molar-refractivity contribution is 7.89. The van der Waals surface area contributed by atoms with Crippen LogP contribution in [0.25, 0.3) is 0 Å². The lowest BCUT2D eigenvalue weighted by molar-refractivity contribution is -0.125. The summed E-state index contributed by atoms with van der Waals surface area (Å²) >= 11 is 0. The molecule has 1 atom stereocenters. The van der Waals surface area contributed by atoms with Crippen molar-refractivity contribution in [3.05, 3.63) is 18.2 Å². The average molecular weight is 423 g/mol. The first-order valence-corrected chi connectivity index (χ1v) is 11.5. The maximum Gasteiger partial charge on any atom is 0.250 e. The molecule has 0 aliphatic carbocycles. The highest BCUT2D eigenvalue weighted by Crippen LogP contribution is 2.40. The van der Waals surface area contributed by atoms with Crippen molar-refractivity contribution in [2.45, 2.75) is 44.0 Å². The van der Waals surface area contributed by atoms with E-state index in [0.29, 0.717) is 18.2 Å². The summed E-state index contributed by atoms with van der Waals surface area (Å²) in [5.41, 5.74) is 1.29. The molecule has 0 unspecified atom stereocenters. The first kappa shape index (κ1) is 21.6. The molecule has 2 aliphatic rings. The smallest absolute Gasteiger partial charge is 0.250 e. The van der Waals surface area contributed by atoms with Gasteiger partial charge < -0.3 is 10.2 Å². The van der Waals surface area contributed by atoms with E-state index >= 15 is 0 Å². The van der Waals surface area contributed by atoms with Crippen LogP contribution < -0.4 is 15.1 Å². The van der Waals surface area contributed by atoms with Gasteiger partial charge in [0.05, 0.1) is 16.3 Å². The Bertz CT molecular complexity index is 898. The van der Waals surface area contributed by atoms with Crippen molar-refractivity contribution in [1.29, 1.82) is 0 Å². The second-order valence-electron chi connectivity index (χ2n) is 8.27. The van der Waals surface area contributed by atoms with Gasteiger partial charge in [0.2, 0.25) is 21.8 Å². The molecule has 1 saturated heterocycles. The number of anilines is 2. The van der Waals surface area contributed by atoms with Gasteiger partial charge in [0, 0.05) is 27.2 Å². The van der Waals surface area contributed by atoms with Gasteiger partial charge in [-0.05, 0) is 43.4 Å². The summed E-state index contributed by atoms with van der Waals surface area (Å²) < 4.78 is 26.4. The van der Waals surface area contributed by atoms with Crippen LogP contribution >= 0.6 is 0 Å². The number of amides is 2. The van der Waals surface area contributed by atoms with E-state index in [9.17, 15) is 18.0 Å². The number of nitrogens with one attached hydrogen (secondary N) is 1. The fraction of sp³-hybridized carbons (Fsp3) is 0.600. The molecule has 8 nitrogen and oxygen atoms in total. The maximum atomic E-state index is 13.2. The number of sulfonamides is 1. The van der Waals surface area contributed by atoms with Gasteiger partial charge in [0.15, 0.2) is 0 Å². The van der Waals surface area contributed by atoms with Crippen LogP contribution in [0.3, 0.4) is 0 Å². The fourth-order valence-electron chi connectivity index (χ4n) is 3.79. The van der Waals surface area contributed by atoms with E-state index in [1.165, 1.54) is 25.1 Å². The lowest BCUT2D eigenvalue weighted by Crippen LogP contribution is -2.57. The third-order valence-electron chi connectivity index (χ3n) is 5.39. The van der Waals surface area contributed by atoms with E-state index < -0.39 is 10.0 Å². The van der Waals surface area contributed by atoms with Gasteiger partial charge in [-0.2, -0.15) is 0 Å². The number of carbonyl (C=O) groups excluding carboxylic acids is 2. The number of benzene rings is 1. The number of hydrogen-bond donors (Lipinski definition) is 1. The van der Waals surface area contributed by atoms with Crippen LogP contribution in [0.5, 0.6) is 0 Å². The van der Waals surface area contributed by atoms with Crippen molar-refractivity contribution in [1.82, 2.24) is 9.62 Å². The molecule has 1 N–H and O–H groups in total. The largest absolute Gasteiger partial charge is 0.358 e. The van der Waals surface area contributed by atoms with Gasteiger partial charge in [-0.3, -0.25) is 14.5 Å². The van der Waals surface area contributed by atoms with Gasteiger partial charge >= 0.3 is 0 Å². The zero-order valence-electron chi connectivity index (χ0n) is 17.5. The van der Waals surface area contributed by atoms with Gasteiger partial charge in [-0.25, -0.2) is 12.7 Å². The predicted octanol–water partition coefficient (Wildman–Crippen LogP) is 1.41. The minimum Gasteiger partial charge on any atom is -0.358 e. The Hall–Kier alpha value is -2.13. The van der Waals surface area contributed by atoms with E-state index in [1.807, 2.05) is 13.8 Å². The average Bonchev–Trinajstić information content (AvgIpc) is 2.69. The highest BCUT2D eigenvalue weighted by atomic mass is 32.2. The molecule has 29 heavy (non-hydrogen) atoms. The Kier molecular flexibility index (Phi) is 6.19. The minimum absolute atomic E-state index is 0.108. The Morgan fingerprint density at radius 1 is 1.24 bits per heavy atom. The number of piperidine rings is 1. The molecule has 2 heterocycles. The van der Waals surface area contributed by atoms with Crippen molar-refractivity contribution < 1.29 is 18.0 Å². The molecule has 2 aliphatic heterocycles. The van der Waals surface area contributed by atoms with E-state index in [1.54, 1.807) is 12.1 Å². The third kappa shape index (κ3) is 4.25. The lowest BCUT2D eigenvalue weighted by atomic mass is 9.96. The van der Waals surface area contributed by atoms with Crippen LogP contribution in [0, 0.1) is 5.92 Å². The topological polar surface area (TPSA) is 90.0 Å². The van der Waals surface area contributed by atoms with Crippen molar-refractivity contribution in [2.75, 3.05) is 43.5 Å². The Morgan fingerprint density at radius 3 is 2.62 bits per heavy atom. The fourth-order valence-corrected chi connectivity index (χ4v) is 4.71. The van der Waals surface area contributed by atoms with Gasteiger partial charge in [0.25, 0.3) is 0 Å². The van der Waals surface area contributed by atoms with Crippen molar-refractivity contribution in [2.24, 2.45) is 5.92 Å². The van der Waals surface area contributed by atoms with E-state index in [-0.39, 0.29) is 29.3 Å². The first-order valence-electron chi connectivity index (χ1n) is 10.0. The second kappa shape index (κ2) is 8.31. The predicted molar refractivity (Wildman–Crippen MR) is 113 cm³/mol. The molecular weight excluding hydrogens is 392 g/mol. The summed E-state index contributed by atoms with van der Waals surface area (Å²) in [7, 11) is -0.714. The molecule has 1 aromatic rings. The highest BCUT2D eigenvalue weighted by Gasteiger charge is 2.40. The Balaban J connectivity index is 2.01. The number of fused-ring (bicyclic) bond motifs is 3. The summed E-state index contributed by atoms with van der Waals surface area (Å²) in [6, 6.07) is 4.55. The van der Waals surface area contributed by atoms with Gasteiger partial charge in [-0.1, -0.05) is 13.8 Å². The van der Waals surface area contributed by atoms with Gasteiger partial charge in [0.1, 0.15) is 12.6 Å². The zero-order valence-corrected chi connectivity index (χ0v) is 18.3. The zero-order chi connectivity index (χ0) is 21.3. The SMILES string of the molecule is CC(C)CNC(=O)CN1C(=O)[C@H]2CCCCN2c2ccc(S(=O)(=O)N(C)C)cc21. The summed E-state index contributed by atoms with van der Waals surface area (Å²) in [5.74, 6) is -0.0895. The molecule has 9 heteroatoms. The summed E-state index contributed by atoms with van der Waals surface area (Å²) in [6.07, 6.45) is 2.68. The van der Waals surface area contributed by atoms with Crippen LogP contribution in [0.1, 0.15) is 33.1 Å². The number of hydrogen-bond acceptors (Lipinski definition) is 5. The molecule has 0 aromatic heterocycles. The van der Waals surface area contributed by atoms with Gasteiger partial charge in [-0.15, -0.1) is 0 Å². The molecule has 2 amide bonds. The van der Waals surface area contributed by atoms with E-state index in [2.05, 4.69) is 10.2 Å². The van der Waals surface area contributed by atoms with Crippen LogP contribution in [0.15, 0.2) is 23.1 Å². The quantitative estimate of drug-likeness (QED) is 0.749. The molecular formula is C20H30N4O4S. The van der Waals surface area contributed by atoms with Crippen LogP contribution in [-0.4, -0.2) is 64.3 Å².